The van der Waals surface area contributed by atoms with Gasteiger partial charge in [-0.25, -0.2) is 4.39 Å². The van der Waals surface area contributed by atoms with E-state index in [-0.39, 0.29) is 23.6 Å². The van der Waals surface area contributed by atoms with E-state index in [1.165, 1.54) is 46.4 Å². The molecule has 0 spiro atoms. The van der Waals surface area contributed by atoms with E-state index in [4.69, 9.17) is 15.7 Å². The largest absolute Gasteiger partial charge is 0.345 e. The number of benzene rings is 1. The molecule has 0 aliphatic carbocycles. The van der Waals surface area contributed by atoms with Crippen LogP contribution in [0.3, 0.4) is 0 Å². The molecule has 0 saturated carbocycles. The first-order chi connectivity index (χ1) is 19.1. The Morgan fingerprint density at radius 3 is 2.73 bits per heavy atom. The van der Waals surface area contributed by atoms with Gasteiger partial charge in [0.25, 0.3) is 0 Å². The Morgan fingerprint density at radius 2 is 2.00 bits per heavy atom. The van der Waals surface area contributed by atoms with Gasteiger partial charge in [0.2, 0.25) is 0 Å². The highest BCUT2D eigenvalue weighted by Gasteiger charge is 2.21. The van der Waals surface area contributed by atoms with E-state index in [2.05, 4.69) is 35.4 Å². The summed E-state index contributed by atoms with van der Waals surface area (Å²) >= 11 is 6.04. The molecule has 0 amide bonds. The first kappa shape index (κ1) is 21.0. The molecule has 0 saturated heterocycles. The molecule has 0 N–H and O–H groups in total. The molecule has 5 rings (SSSR count). The summed E-state index contributed by atoms with van der Waals surface area (Å²) < 4.78 is 71.7. The van der Waals surface area contributed by atoms with Crippen molar-refractivity contribution in [2.24, 2.45) is 6.98 Å². The molecule has 10 nitrogen and oxygen atoms in total. The number of hydrogen-bond acceptors (Lipinski definition) is 7. The van der Waals surface area contributed by atoms with Gasteiger partial charge in [0.15, 0.2) is 5.82 Å². The molecule has 0 aliphatic rings. The van der Waals surface area contributed by atoms with Crippen molar-refractivity contribution in [3.05, 3.63) is 78.0 Å². The Hall–Kier alpha value is -4.10. The van der Waals surface area contributed by atoms with E-state index in [1.807, 2.05) is 0 Å². The van der Waals surface area contributed by atoms with Crippen molar-refractivity contribution in [1.29, 1.82) is 0 Å². The number of alkyl halides is 2. The van der Waals surface area contributed by atoms with E-state index in [0.29, 0.717) is 28.2 Å². The minimum Gasteiger partial charge on any atom is -0.323 e. The quantitative estimate of drug-likeness (QED) is 0.278. The fraction of sp³-hybridized carbons (Fsp3) is 0.217. The lowest BCUT2D eigenvalue weighted by atomic mass is 10.0. The summed E-state index contributed by atoms with van der Waals surface area (Å²) in [7, 11) is 0. The summed E-state index contributed by atoms with van der Waals surface area (Å²) in [6.07, 6.45) is 7.12. The molecule has 4 heterocycles. The van der Waals surface area contributed by atoms with Gasteiger partial charge in [-0.05, 0) is 41.1 Å². The highest BCUT2D eigenvalue weighted by molar-refractivity contribution is 6.31. The lowest BCUT2D eigenvalue weighted by Gasteiger charge is -2.18. The van der Waals surface area contributed by atoms with Crippen molar-refractivity contribution in [1.82, 2.24) is 44.8 Å². The van der Waals surface area contributed by atoms with Gasteiger partial charge in [-0.15, -0.1) is 5.10 Å². The van der Waals surface area contributed by atoms with Gasteiger partial charge in [-0.3, -0.25) is 14.3 Å². The number of aryl methyl sites for hydroxylation is 1. The highest BCUT2D eigenvalue weighted by Crippen LogP contribution is 2.34. The van der Waals surface area contributed by atoms with Crippen LogP contribution in [-0.2, 0) is 11.7 Å². The molecule has 37 heavy (non-hydrogen) atoms. The van der Waals surface area contributed by atoms with Gasteiger partial charge in [-0.1, -0.05) is 17.7 Å². The summed E-state index contributed by atoms with van der Waals surface area (Å²) in [4.78, 5) is 4.47. The lowest BCUT2D eigenvalue weighted by Crippen LogP contribution is -2.16. The lowest BCUT2D eigenvalue weighted by molar-refractivity contribution is -0.130. The minimum atomic E-state index is -2.96. The Bertz CT molecular complexity index is 1590. The number of aromatic nitrogens is 9. The Morgan fingerprint density at radius 1 is 1.11 bits per heavy atom. The third-order valence-electron chi connectivity index (χ3n) is 5.58. The van der Waals surface area contributed by atoms with E-state index >= 15 is 4.39 Å². The number of nitrogens with zero attached hydrogens (tertiary/aromatic N) is 9. The van der Waals surface area contributed by atoms with Gasteiger partial charge < -0.3 is 4.74 Å². The molecule has 0 fully saturated rings. The van der Waals surface area contributed by atoms with Crippen LogP contribution < -0.4 is 0 Å². The van der Waals surface area contributed by atoms with E-state index in [0.717, 1.165) is 4.68 Å². The van der Waals surface area contributed by atoms with Gasteiger partial charge in [0, 0.05) is 46.4 Å². The summed E-state index contributed by atoms with van der Waals surface area (Å²) in [6, 6.07) is 6.97. The van der Waals surface area contributed by atoms with Crippen molar-refractivity contribution < 1.29 is 22.0 Å². The molecule has 0 aliphatic heterocycles. The second kappa shape index (κ2) is 10.5. The van der Waals surface area contributed by atoms with Crippen LogP contribution >= 0.6 is 11.6 Å². The molecule has 5 aromatic rings. The zero-order valence-corrected chi connectivity index (χ0v) is 19.5. The van der Waals surface area contributed by atoms with E-state index in [1.54, 1.807) is 24.4 Å². The maximum Gasteiger partial charge on any atom is 0.345 e. The van der Waals surface area contributed by atoms with Crippen LogP contribution in [-0.4, -0.2) is 58.0 Å². The van der Waals surface area contributed by atoms with Crippen LogP contribution in [0.2, 0.25) is 5.02 Å². The van der Waals surface area contributed by atoms with Crippen LogP contribution in [0.15, 0.2) is 61.4 Å². The second-order valence-electron chi connectivity index (χ2n) is 7.75. The fourth-order valence-electron chi connectivity index (χ4n) is 3.88. The maximum absolute atomic E-state index is 15.2. The monoisotopic (exact) mass is 532 g/mol. The van der Waals surface area contributed by atoms with Crippen molar-refractivity contribution in [3.63, 3.8) is 0 Å². The summed E-state index contributed by atoms with van der Waals surface area (Å²) in [6.45, 7) is -5.80. The van der Waals surface area contributed by atoms with Crippen molar-refractivity contribution >= 4 is 11.6 Å². The number of hydrogen-bond donors (Lipinski definition) is 0. The van der Waals surface area contributed by atoms with Crippen LogP contribution in [0.1, 0.15) is 22.3 Å². The zero-order valence-electron chi connectivity index (χ0n) is 21.8. The van der Waals surface area contributed by atoms with Gasteiger partial charge in [-0.2, -0.15) is 23.7 Å². The van der Waals surface area contributed by atoms with Gasteiger partial charge >= 0.3 is 6.61 Å². The smallest absolute Gasteiger partial charge is 0.323 e. The molecule has 1 aromatic carbocycles. The number of pyridine rings is 1. The molecule has 1 atom stereocenters. The number of rotatable bonds is 9. The predicted molar refractivity (Wildman–Crippen MR) is 126 cm³/mol. The summed E-state index contributed by atoms with van der Waals surface area (Å²) in [5.74, 6) is -0.700. The summed E-state index contributed by atoms with van der Waals surface area (Å²) in [5.41, 5.74) is 1.94. The predicted octanol–water partition coefficient (Wildman–Crippen LogP) is 4.33. The molecular formula is C23H19ClF3N9O. The Balaban J connectivity index is 1.50. The molecule has 4 aromatic heterocycles. The average Bonchev–Trinajstić information content (AvgIpc) is 3.70. The first-order valence-corrected chi connectivity index (χ1v) is 11.2. The third kappa shape index (κ3) is 5.08. The number of halogens is 4. The molecule has 190 valence electrons. The van der Waals surface area contributed by atoms with Gasteiger partial charge in [0.05, 0.1) is 40.9 Å². The standard InChI is InChI=1S/C23H19ClF3N9O/c1-34-18(6-8-30-34)15-11-31-35(12-15)19(7-9-37-23(26)27)17-4-2-14(10-28-17)21-20(36-13-29-32-33-36)5-3-16(24)22(21)25/h2-6,8,10-13,19,23H,7,9H2,1H3/i1D3. The maximum atomic E-state index is 15.2. The summed E-state index contributed by atoms with van der Waals surface area (Å²) in [5, 5.41) is 19.1. The van der Waals surface area contributed by atoms with E-state index < -0.39 is 25.4 Å². The van der Waals surface area contributed by atoms with Gasteiger partial charge in [0.1, 0.15) is 6.33 Å². The molecular weight excluding hydrogens is 511 g/mol. The molecule has 0 bridgehead atoms. The van der Waals surface area contributed by atoms with E-state index in [9.17, 15) is 8.78 Å². The van der Waals surface area contributed by atoms with Crippen LogP contribution in [0.5, 0.6) is 0 Å². The number of ether oxygens (including phenoxy) is 1. The first-order valence-electron chi connectivity index (χ1n) is 12.3. The molecule has 14 heteroatoms. The van der Waals surface area contributed by atoms with Crippen LogP contribution in [0.25, 0.3) is 28.1 Å². The van der Waals surface area contributed by atoms with Crippen LogP contribution in [0, 0.1) is 5.82 Å². The van der Waals surface area contributed by atoms with Crippen molar-refractivity contribution in [2.45, 2.75) is 19.1 Å². The highest BCUT2D eigenvalue weighted by atomic mass is 35.5. The third-order valence-corrected chi connectivity index (χ3v) is 5.87. The minimum absolute atomic E-state index is 0.0533. The number of tetrazole rings is 1. The topological polar surface area (TPSA) is 101 Å². The molecule has 1 unspecified atom stereocenters. The fourth-order valence-corrected chi connectivity index (χ4v) is 4.03. The average molecular weight is 533 g/mol. The second-order valence-corrected chi connectivity index (χ2v) is 8.16. The van der Waals surface area contributed by atoms with Crippen molar-refractivity contribution in [3.8, 4) is 28.1 Å². The Labute approximate surface area is 217 Å². The SMILES string of the molecule is [2H]C([2H])([2H])n1nccc1-c1cnn(C(CCOC(F)F)c2ccc(-c3c(-n4cnnn4)ccc(Cl)c3F)cn2)c1. The zero-order chi connectivity index (χ0) is 28.4. The normalized spacial score (nSPS) is 13.9. The Kier molecular flexibility index (Phi) is 5.96. The van der Waals surface area contributed by atoms with Crippen LogP contribution in [0.4, 0.5) is 13.2 Å². The molecule has 0 radical (unpaired) electrons. The van der Waals surface area contributed by atoms with Crippen molar-refractivity contribution in [2.75, 3.05) is 6.61 Å².